The first-order chi connectivity index (χ1) is 16.8. The number of aromatic nitrogens is 2. The molecule has 0 atom stereocenters. The van der Waals surface area contributed by atoms with Gasteiger partial charge < -0.3 is 9.13 Å². The van der Waals surface area contributed by atoms with Gasteiger partial charge in [0, 0.05) is 33.5 Å². The van der Waals surface area contributed by atoms with Crippen molar-refractivity contribution >= 4 is 34.0 Å². The van der Waals surface area contributed by atoms with Gasteiger partial charge in [-0.1, -0.05) is 48.6 Å². The van der Waals surface area contributed by atoms with Crippen molar-refractivity contribution in [1.82, 2.24) is 9.13 Å². The Kier molecular flexibility index (Phi) is 4.16. The van der Waals surface area contributed by atoms with Crippen LogP contribution in [0, 0.1) is 11.3 Å². The maximum Gasteiger partial charge on any atom is 0.0993 e. The molecule has 2 aromatic heterocycles. The van der Waals surface area contributed by atoms with E-state index in [0.29, 0.717) is 5.56 Å². The third kappa shape index (κ3) is 2.69. The summed E-state index contributed by atoms with van der Waals surface area (Å²) in [6.45, 7) is 0. The van der Waals surface area contributed by atoms with Crippen molar-refractivity contribution in [1.29, 1.82) is 5.26 Å². The molecular weight excluding hydrogens is 414 g/mol. The molecule has 2 heterocycles. The molecule has 7 rings (SSSR count). The molecule has 5 aromatic rings. The fourth-order valence-corrected chi connectivity index (χ4v) is 5.85. The molecule has 0 amide bonds. The van der Waals surface area contributed by atoms with E-state index in [-0.39, 0.29) is 0 Å². The van der Waals surface area contributed by atoms with E-state index in [4.69, 9.17) is 0 Å². The summed E-state index contributed by atoms with van der Waals surface area (Å²) in [6.07, 6.45) is 13.2. The third-order valence-electron chi connectivity index (χ3n) is 7.26. The number of nitriles is 1. The molecular formula is C31H23N3. The van der Waals surface area contributed by atoms with E-state index in [1.54, 1.807) is 0 Å². The Bertz CT molecular complexity index is 1600. The molecule has 3 nitrogen and oxygen atoms in total. The molecule has 0 radical (unpaired) electrons. The predicted octanol–water partition coefficient (Wildman–Crippen LogP) is 7.36. The molecule has 0 N–H and O–H groups in total. The maximum atomic E-state index is 9.99. The Labute approximate surface area is 198 Å². The standard InChI is InChI=1S/C31H23N3/c32-20-21-17-22(33-28-13-5-1-9-24(28)25-10-2-6-14-29(25)33)19-23(18-21)34-30-15-7-3-11-26(30)27-12-4-8-16-31(27)34/h1,3,5-9,11,13-19H,2,4,10,12H2. The molecule has 0 spiro atoms. The Balaban J connectivity index is 1.55. The van der Waals surface area contributed by atoms with Crippen molar-refractivity contribution in [3.05, 3.63) is 107 Å². The number of benzene rings is 3. The normalized spacial score (nSPS) is 14.3. The van der Waals surface area contributed by atoms with Gasteiger partial charge in [-0.2, -0.15) is 5.26 Å². The van der Waals surface area contributed by atoms with Crippen LogP contribution in [0.1, 0.15) is 40.9 Å². The second-order valence-electron chi connectivity index (χ2n) is 9.16. The molecule has 0 unspecified atom stereocenters. The summed E-state index contributed by atoms with van der Waals surface area (Å²) in [5, 5.41) is 12.6. The number of allylic oxidation sites excluding steroid dienone is 2. The largest absolute Gasteiger partial charge is 0.309 e. The maximum absolute atomic E-state index is 9.99. The van der Waals surface area contributed by atoms with Crippen LogP contribution < -0.4 is 0 Å². The van der Waals surface area contributed by atoms with Gasteiger partial charge >= 0.3 is 0 Å². The summed E-state index contributed by atoms with van der Waals surface area (Å²) >= 11 is 0. The highest BCUT2D eigenvalue weighted by molar-refractivity contribution is 5.92. The molecule has 0 saturated carbocycles. The zero-order valence-electron chi connectivity index (χ0n) is 18.8. The smallest absolute Gasteiger partial charge is 0.0993 e. The Morgan fingerprint density at radius 1 is 0.647 bits per heavy atom. The lowest BCUT2D eigenvalue weighted by Crippen LogP contribution is -2.05. The predicted molar refractivity (Wildman–Crippen MR) is 140 cm³/mol. The van der Waals surface area contributed by atoms with Gasteiger partial charge in [0.15, 0.2) is 0 Å². The van der Waals surface area contributed by atoms with Crippen molar-refractivity contribution in [3.8, 4) is 17.4 Å². The second-order valence-corrected chi connectivity index (χ2v) is 9.16. The molecule has 3 aromatic carbocycles. The Hall–Kier alpha value is -4.29. The Morgan fingerprint density at radius 2 is 1.15 bits per heavy atom. The SMILES string of the molecule is N#Cc1cc(-n2c3c(c4ccccc42)CCC=C3)cc(-n2c3c(c4ccccc42)CCC=C3)c1. The lowest BCUT2D eigenvalue weighted by Gasteiger charge is -2.16. The van der Waals surface area contributed by atoms with Crippen LogP contribution in [0.2, 0.25) is 0 Å². The number of hydrogen-bond donors (Lipinski definition) is 0. The van der Waals surface area contributed by atoms with Gasteiger partial charge in [-0.25, -0.2) is 0 Å². The summed E-state index contributed by atoms with van der Waals surface area (Å²) in [7, 11) is 0. The first-order valence-corrected chi connectivity index (χ1v) is 12.0. The van der Waals surface area contributed by atoms with E-state index >= 15 is 0 Å². The van der Waals surface area contributed by atoms with Crippen molar-refractivity contribution in [2.75, 3.05) is 0 Å². The summed E-state index contributed by atoms with van der Waals surface area (Å²) in [5.41, 5.74) is 10.4. The van der Waals surface area contributed by atoms with Crippen LogP contribution in [0.25, 0.3) is 45.3 Å². The quantitative estimate of drug-likeness (QED) is 0.284. The summed E-state index contributed by atoms with van der Waals surface area (Å²) in [5.74, 6) is 0. The average Bonchev–Trinajstić information content (AvgIpc) is 3.42. The third-order valence-corrected chi connectivity index (χ3v) is 7.26. The van der Waals surface area contributed by atoms with E-state index in [1.807, 2.05) is 12.1 Å². The van der Waals surface area contributed by atoms with Gasteiger partial charge in [-0.3, -0.25) is 0 Å². The number of fused-ring (bicyclic) bond motifs is 6. The van der Waals surface area contributed by atoms with E-state index in [9.17, 15) is 5.26 Å². The first kappa shape index (κ1) is 19.2. The van der Waals surface area contributed by atoms with E-state index in [1.165, 1.54) is 44.3 Å². The van der Waals surface area contributed by atoms with Crippen LogP contribution in [0.4, 0.5) is 0 Å². The minimum absolute atomic E-state index is 0.671. The van der Waals surface area contributed by atoms with Crippen LogP contribution in [-0.4, -0.2) is 9.13 Å². The molecule has 0 saturated heterocycles. The van der Waals surface area contributed by atoms with Gasteiger partial charge in [0.1, 0.15) is 0 Å². The van der Waals surface area contributed by atoms with Crippen LogP contribution in [0.5, 0.6) is 0 Å². The molecule has 162 valence electrons. The summed E-state index contributed by atoms with van der Waals surface area (Å²) in [4.78, 5) is 0. The topological polar surface area (TPSA) is 33.6 Å². The highest BCUT2D eigenvalue weighted by Gasteiger charge is 2.21. The van der Waals surface area contributed by atoms with Crippen molar-refractivity contribution in [2.24, 2.45) is 0 Å². The highest BCUT2D eigenvalue weighted by atomic mass is 15.0. The van der Waals surface area contributed by atoms with Gasteiger partial charge in [0.2, 0.25) is 0 Å². The number of hydrogen-bond acceptors (Lipinski definition) is 1. The van der Waals surface area contributed by atoms with Crippen LogP contribution >= 0.6 is 0 Å². The van der Waals surface area contributed by atoms with Crippen molar-refractivity contribution < 1.29 is 0 Å². The monoisotopic (exact) mass is 437 g/mol. The van der Waals surface area contributed by atoms with Gasteiger partial charge in [-0.15, -0.1) is 0 Å². The van der Waals surface area contributed by atoms with E-state index < -0.39 is 0 Å². The average molecular weight is 438 g/mol. The van der Waals surface area contributed by atoms with Gasteiger partial charge in [-0.05, 0) is 79.3 Å². The first-order valence-electron chi connectivity index (χ1n) is 12.0. The molecule has 34 heavy (non-hydrogen) atoms. The Morgan fingerprint density at radius 3 is 1.65 bits per heavy atom. The van der Waals surface area contributed by atoms with E-state index in [2.05, 4.69) is 94.1 Å². The molecule has 0 fully saturated rings. The fourth-order valence-electron chi connectivity index (χ4n) is 5.85. The highest BCUT2D eigenvalue weighted by Crippen LogP contribution is 2.37. The van der Waals surface area contributed by atoms with Gasteiger partial charge in [0.25, 0.3) is 0 Å². The number of rotatable bonds is 2. The summed E-state index contributed by atoms with van der Waals surface area (Å²) < 4.78 is 4.66. The van der Waals surface area contributed by atoms with Crippen molar-refractivity contribution in [3.63, 3.8) is 0 Å². The zero-order valence-corrected chi connectivity index (χ0v) is 18.8. The molecule has 2 aliphatic rings. The lowest BCUT2D eigenvalue weighted by molar-refractivity contribution is 0.959. The summed E-state index contributed by atoms with van der Waals surface area (Å²) in [6, 6.07) is 26.0. The van der Waals surface area contributed by atoms with Gasteiger partial charge in [0.05, 0.1) is 22.7 Å². The molecule has 3 heteroatoms. The van der Waals surface area contributed by atoms with Crippen LogP contribution in [0.15, 0.2) is 78.9 Å². The molecule has 2 aliphatic carbocycles. The molecule has 0 bridgehead atoms. The number of aryl methyl sites for hydroxylation is 2. The van der Waals surface area contributed by atoms with Crippen molar-refractivity contribution in [2.45, 2.75) is 25.7 Å². The second kappa shape index (κ2) is 7.37. The van der Waals surface area contributed by atoms with Crippen LogP contribution in [0.3, 0.4) is 0 Å². The lowest BCUT2D eigenvalue weighted by atomic mass is 10.0. The number of nitrogens with zero attached hydrogens (tertiary/aromatic N) is 3. The van der Waals surface area contributed by atoms with Crippen LogP contribution in [-0.2, 0) is 12.8 Å². The minimum Gasteiger partial charge on any atom is -0.309 e. The number of para-hydroxylation sites is 2. The zero-order chi connectivity index (χ0) is 22.6. The molecule has 0 aliphatic heterocycles. The minimum atomic E-state index is 0.671. The fraction of sp³-hybridized carbons (Fsp3) is 0.129. The van der Waals surface area contributed by atoms with E-state index in [0.717, 1.165) is 37.1 Å².